The second-order valence-electron chi connectivity index (χ2n) is 5.60. The van der Waals surface area contributed by atoms with Crippen LogP contribution in [0.3, 0.4) is 0 Å². The fourth-order valence-electron chi connectivity index (χ4n) is 2.94. The highest BCUT2D eigenvalue weighted by molar-refractivity contribution is 5.75. The average Bonchev–Trinajstić information content (AvgIpc) is 2.49. The smallest absolute Gasteiger partial charge is 0.251 e. The van der Waals surface area contributed by atoms with Crippen molar-refractivity contribution < 1.29 is 4.79 Å². The number of nitrogens with one attached hydrogen (secondary N) is 2. The Balaban J connectivity index is 2.19. The van der Waals surface area contributed by atoms with Gasteiger partial charge in [-0.1, -0.05) is 19.4 Å². The van der Waals surface area contributed by atoms with Crippen molar-refractivity contribution in [2.24, 2.45) is 0 Å². The van der Waals surface area contributed by atoms with Crippen molar-refractivity contribution in [1.82, 2.24) is 15.2 Å². The molecule has 1 unspecified atom stereocenters. The molecular formula is C16H25N3O2. The number of pyridine rings is 1. The summed E-state index contributed by atoms with van der Waals surface area (Å²) in [6.07, 6.45) is 5.00. The van der Waals surface area contributed by atoms with Gasteiger partial charge >= 0.3 is 0 Å². The fraction of sp³-hybridized carbons (Fsp3) is 0.625. The maximum Gasteiger partial charge on any atom is 0.251 e. The third kappa shape index (κ3) is 3.73. The third-order valence-electron chi connectivity index (χ3n) is 4.12. The Labute approximate surface area is 125 Å². The highest BCUT2D eigenvalue weighted by Crippen LogP contribution is 2.28. The first-order valence-electron chi connectivity index (χ1n) is 7.84. The van der Waals surface area contributed by atoms with E-state index in [0.29, 0.717) is 6.54 Å². The standard InChI is InChI=1S/C16H25N3O2/c1-3-4-10-18-15(20)11-19-14-7-5-6-13(17-2)12(14)8-9-16(19)21/h8-9,13,17H,3-7,10-11H2,1-2H3,(H,18,20). The second-order valence-corrected chi connectivity index (χ2v) is 5.60. The summed E-state index contributed by atoms with van der Waals surface area (Å²) in [7, 11) is 1.94. The molecule has 0 aromatic carbocycles. The van der Waals surface area contributed by atoms with Crippen LogP contribution in [-0.2, 0) is 17.8 Å². The molecule has 2 N–H and O–H groups in total. The Morgan fingerprint density at radius 2 is 2.24 bits per heavy atom. The molecule has 2 rings (SSSR count). The number of carbonyl (C=O) groups is 1. The first-order chi connectivity index (χ1) is 10.2. The van der Waals surface area contributed by atoms with Crippen molar-refractivity contribution in [1.29, 1.82) is 0 Å². The molecule has 0 spiro atoms. The van der Waals surface area contributed by atoms with Gasteiger partial charge < -0.3 is 15.2 Å². The Hall–Kier alpha value is -1.62. The molecule has 0 aliphatic heterocycles. The number of amides is 1. The fourth-order valence-corrected chi connectivity index (χ4v) is 2.94. The Morgan fingerprint density at radius 1 is 1.43 bits per heavy atom. The van der Waals surface area contributed by atoms with Gasteiger partial charge in [0, 0.05) is 24.3 Å². The van der Waals surface area contributed by atoms with Gasteiger partial charge in [-0.3, -0.25) is 9.59 Å². The van der Waals surface area contributed by atoms with Crippen LogP contribution < -0.4 is 16.2 Å². The first kappa shape index (κ1) is 15.8. The molecule has 1 aliphatic carbocycles. The summed E-state index contributed by atoms with van der Waals surface area (Å²) in [5, 5.41) is 6.16. The van der Waals surface area contributed by atoms with E-state index in [1.807, 2.05) is 13.1 Å². The molecule has 1 atom stereocenters. The lowest BCUT2D eigenvalue weighted by Gasteiger charge is -2.27. The van der Waals surface area contributed by atoms with E-state index in [1.54, 1.807) is 10.6 Å². The number of rotatable bonds is 6. The molecule has 0 saturated carbocycles. The van der Waals surface area contributed by atoms with E-state index in [1.165, 1.54) is 0 Å². The lowest BCUT2D eigenvalue weighted by atomic mass is 9.91. The molecule has 0 saturated heterocycles. The normalized spacial score (nSPS) is 17.3. The van der Waals surface area contributed by atoms with E-state index in [4.69, 9.17) is 0 Å². The zero-order valence-corrected chi connectivity index (χ0v) is 12.9. The van der Waals surface area contributed by atoms with Gasteiger partial charge in [-0.25, -0.2) is 0 Å². The number of fused-ring (bicyclic) bond motifs is 1. The topological polar surface area (TPSA) is 63.1 Å². The zero-order valence-electron chi connectivity index (χ0n) is 12.9. The lowest BCUT2D eigenvalue weighted by molar-refractivity contribution is -0.121. The van der Waals surface area contributed by atoms with Gasteiger partial charge in [-0.05, 0) is 38.3 Å². The van der Waals surface area contributed by atoms with Crippen LogP contribution in [0.15, 0.2) is 16.9 Å². The summed E-state index contributed by atoms with van der Waals surface area (Å²) in [6, 6.07) is 3.76. The molecule has 1 aromatic heterocycles. The quantitative estimate of drug-likeness (QED) is 0.778. The minimum Gasteiger partial charge on any atom is -0.355 e. The summed E-state index contributed by atoms with van der Waals surface area (Å²) in [6.45, 7) is 2.89. The van der Waals surface area contributed by atoms with Crippen LogP contribution in [0.2, 0.25) is 0 Å². The van der Waals surface area contributed by atoms with Crippen molar-refractivity contribution in [3.05, 3.63) is 33.7 Å². The molecule has 5 nitrogen and oxygen atoms in total. The molecule has 5 heteroatoms. The predicted octanol–water partition coefficient (Wildman–Crippen LogP) is 1.36. The second kappa shape index (κ2) is 7.41. The molecule has 0 fully saturated rings. The van der Waals surface area contributed by atoms with Crippen molar-refractivity contribution in [3.8, 4) is 0 Å². The van der Waals surface area contributed by atoms with Crippen LogP contribution in [0, 0.1) is 0 Å². The summed E-state index contributed by atoms with van der Waals surface area (Å²) < 4.78 is 1.64. The summed E-state index contributed by atoms with van der Waals surface area (Å²) in [4.78, 5) is 24.1. The third-order valence-corrected chi connectivity index (χ3v) is 4.12. The highest BCUT2D eigenvalue weighted by Gasteiger charge is 2.22. The van der Waals surface area contributed by atoms with Crippen LogP contribution in [-0.4, -0.2) is 24.1 Å². The van der Waals surface area contributed by atoms with E-state index >= 15 is 0 Å². The van der Waals surface area contributed by atoms with Crippen molar-refractivity contribution >= 4 is 5.91 Å². The molecule has 1 amide bonds. The number of hydrogen-bond acceptors (Lipinski definition) is 3. The van der Waals surface area contributed by atoms with Gasteiger partial charge in [-0.15, -0.1) is 0 Å². The summed E-state index contributed by atoms with van der Waals surface area (Å²) in [5.41, 5.74) is 2.08. The molecular weight excluding hydrogens is 266 g/mol. The number of carbonyl (C=O) groups excluding carboxylic acids is 1. The Kier molecular flexibility index (Phi) is 5.56. The van der Waals surface area contributed by atoms with Crippen molar-refractivity contribution in [2.45, 2.75) is 51.6 Å². The van der Waals surface area contributed by atoms with Crippen molar-refractivity contribution in [3.63, 3.8) is 0 Å². The number of hydrogen-bond donors (Lipinski definition) is 2. The van der Waals surface area contributed by atoms with E-state index in [9.17, 15) is 9.59 Å². The summed E-state index contributed by atoms with van der Waals surface area (Å²) in [5.74, 6) is -0.0782. The van der Waals surface area contributed by atoms with Crippen LogP contribution >= 0.6 is 0 Å². The van der Waals surface area contributed by atoms with Crippen LogP contribution in [0.25, 0.3) is 0 Å². The van der Waals surface area contributed by atoms with Gasteiger partial charge in [0.05, 0.1) is 0 Å². The molecule has 0 radical (unpaired) electrons. The largest absolute Gasteiger partial charge is 0.355 e. The number of nitrogens with zero attached hydrogens (tertiary/aromatic N) is 1. The highest BCUT2D eigenvalue weighted by atomic mass is 16.2. The lowest BCUT2D eigenvalue weighted by Crippen LogP contribution is -2.36. The van der Waals surface area contributed by atoms with Gasteiger partial charge in [0.15, 0.2) is 0 Å². The van der Waals surface area contributed by atoms with Gasteiger partial charge in [0.25, 0.3) is 5.56 Å². The van der Waals surface area contributed by atoms with Crippen LogP contribution in [0.1, 0.15) is 49.9 Å². The van der Waals surface area contributed by atoms with Crippen LogP contribution in [0.4, 0.5) is 0 Å². The minimum absolute atomic E-state index is 0.0782. The molecule has 0 bridgehead atoms. The molecule has 1 aromatic rings. The van der Waals surface area contributed by atoms with E-state index in [-0.39, 0.29) is 24.1 Å². The Bertz CT molecular complexity index is 551. The van der Waals surface area contributed by atoms with Gasteiger partial charge in [-0.2, -0.15) is 0 Å². The van der Waals surface area contributed by atoms with Crippen molar-refractivity contribution in [2.75, 3.05) is 13.6 Å². The molecule has 1 heterocycles. The predicted molar refractivity (Wildman–Crippen MR) is 83.4 cm³/mol. The zero-order chi connectivity index (χ0) is 15.2. The summed E-state index contributed by atoms with van der Waals surface area (Å²) >= 11 is 0. The maximum atomic E-state index is 12.1. The molecule has 1 aliphatic rings. The first-order valence-corrected chi connectivity index (χ1v) is 7.84. The van der Waals surface area contributed by atoms with E-state index in [0.717, 1.165) is 43.4 Å². The molecule has 21 heavy (non-hydrogen) atoms. The van der Waals surface area contributed by atoms with E-state index < -0.39 is 0 Å². The SMILES string of the molecule is CCCCNC(=O)Cn1c2c(ccc1=O)C(NC)CCC2. The maximum absolute atomic E-state index is 12.1. The monoisotopic (exact) mass is 291 g/mol. The minimum atomic E-state index is -0.0869. The Morgan fingerprint density at radius 3 is 2.95 bits per heavy atom. The number of aromatic nitrogens is 1. The van der Waals surface area contributed by atoms with Gasteiger partial charge in [0.1, 0.15) is 6.54 Å². The molecule has 116 valence electrons. The van der Waals surface area contributed by atoms with E-state index in [2.05, 4.69) is 17.6 Å². The van der Waals surface area contributed by atoms with Gasteiger partial charge in [0.2, 0.25) is 5.91 Å². The average molecular weight is 291 g/mol. The number of unbranched alkanes of at least 4 members (excludes halogenated alkanes) is 1. The van der Waals surface area contributed by atoms with Crippen LogP contribution in [0.5, 0.6) is 0 Å².